The summed E-state index contributed by atoms with van der Waals surface area (Å²) in [5.74, 6) is -0.0303. The van der Waals surface area contributed by atoms with Gasteiger partial charge in [0.25, 0.3) is 5.91 Å². The van der Waals surface area contributed by atoms with Crippen molar-refractivity contribution in [3.63, 3.8) is 0 Å². The highest BCUT2D eigenvalue weighted by Gasteiger charge is 2.30. The third-order valence-electron chi connectivity index (χ3n) is 4.29. The Morgan fingerprint density at radius 1 is 1.00 bits per heavy atom. The molecule has 2 heterocycles. The molecule has 1 aromatic heterocycles. The lowest BCUT2D eigenvalue weighted by Gasteiger charge is -2.07. The molecule has 1 saturated heterocycles. The van der Waals surface area contributed by atoms with Gasteiger partial charge in [0.05, 0.1) is 10.6 Å². The number of aryl methyl sites for hydroxylation is 1. The number of amidine groups is 1. The molecule has 3 aromatic rings. The number of hydrogen-bond donors (Lipinski definition) is 0. The van der Waals surface area contributed by atoms with Crippen LogP contribution in [-0.2, 0) is 4.79 Å². The summed E-state index contributed by atoms with van der Waals surface area (Å²) in [5, 5.41) is 1.41. The van der Waals surface area contributed by atoms with Crippen LogP contribution in [0.5, 0.6) is 0 Å². The molecular formula is C22H17ClN2OS2. The Kier molecular flexibility index (Phi) is 5.40. The van der Waals surface area contributed by atoms with Gasteiger partial charge in [-0.3, -0.25) is 9.69 Å². The van der Waals surface area contributed by atoms with E-state index >= 15 is 0 Å². The van der Waals surface area contributed by atoms with Gasteiger partial charge in [-0.2, -0.15) is 0 Å². The fourth-order valence-electron chi connectivity index (χ4n) is 2.71. The van der Waals surface area contributed by atoms with Gasteiger partial charge in [-0.15, -0.1) is 11.3 Å². The van der Waals surface area contributed by atoms with Gasteiger partial charge in [-0.1, -0.05) is 41.4 Å². The van der Waals surface area contributed by atoms with Crippen LogP contribution < -0.4 is 0 Å². The fourth-order valence-corrected chi connectivity index (χ4v) is 4.85. The molecule has 6 heteroatoms. The van der Waals surface area contributed by atoms with Crippen LogP contribution in [0.2, 0.25) is 5.02 Å². The molecule has 140 valence electrons. The minimum Gasteiger partial charge on any atom is -0.290 e. The molecule has 3 nitrogen and oxygen atoms in total. The number of nitrogens with zero attached hydrogens (tertiary/aromatic N) is 2. The second-order valence-electron chi connectivity index (χ2n) is 6.41. The van der Waals surface area contributed by atoms with Crippen molar-refractivity contribution in [1.29, 1.82) is 0 Å². The summed E-state index contributed by atoms with van der Waals surface area (Å²) in [6.45, 7) is 2.04. The average Bonchev–Trinajstić information content (AvgIpc) is 3.25. The normalized spacial score (nSPS) is 17.1. The van der Waals surface area contributed by atoms with Crippen LogP contribution in [0.1, 0.15) is 10.4 Å². The van der Waals surface area contributed by atoms with E-state index in [-0.39, 0.29) is 5.91 Å². The molecule has 0 saturated carbocycles. The van der Waals surface area contributed by atoms with Crippen molar-refractivity contribution in [3.05, 3.63) is 81.0 Å². The van der Waals surface area contributed by atoms with E-state index < -0.39 is 0 Å². The zero-order valence-electron chi connectivity index (χ0n) is 15.3. The van der Waals surface area contributed by atoms with E-state index in [1.807, 2.05) is 67.6 Å². The van der Waals surface area contributed by atoms with Gasteiger partial charge in [0, 0.05) is 21.8 Å². The van der Waals surface area contributed by atoms with Crippen LogP contribution in [0.3, 0.4) is 0 Å². The summed E-state index contributed by atoms with van der Waals surface area (Å²) in [6.07, 6.45) is 1.94. The molecule has 1 fully saturated rings. The van der Waals surface area contributed by atoms with Crippen molar-refractivity contribution in [3.8, 4) is 10.4 Å². The number of amides is 1. The van der Waals surface area contributed by atoms with Gasteiger partial charge in [-0.25, -0.2) is 4.99 Å². The number of halogens is 1. The van der Waals surface area contributed by atoms with Crippen LogP contribution in [0.15, 0.2) is 70.6 Å². The van der Waals surface area contributed by atoms with E-state index in [0.717, 1.165) is 26.0 Å². The lowest BCUT2D eigenvalue weighted by molar-refractivity contribution is -0.121. The van der Waals surface area contributed by atoms with E-state index in [0.29, 0.717) is 10.1 Å². The van der Waals surface area contributed by atoms with Crippen LogP contribution in [0.4, 0.5) is 5.69 Å². The SMILES string of the molecule is Cc1ccc(N=C2SC(=Cc3ccc(-c4ccc(Cl)cc4)s3)C(=O)N2C)cc1. The topological polar surface area (TPSA) is 32.7 Å². The number of aliphatic imine (C=N–C) groups is 1. The van der Waals surface area contributed by atoms with E-state index in [4.69, 9.17) is 11.6 Å². The Bertz CT molecular complexity index is 1080. The molecule has 0 atom stereocenters. The molecule has 0 bridgehead atoms. The maximum atomic E-state index is 12.6. The van der Waals surface area contributed by atoms with Crippen molar-refractivity contribution in [2.45, 2.75) is 6.92 Å². The molecule has 0 aliphatic carbocycles. The first kappa shape index (κ1) is 19.0. The van der Waals surface area contributed by atoms with Crippen LogP contribution >= 0.6 is 34.7 Å². The maximum absolute atomic E-state index is 12.6. The molecule has 0 radical (unpaired) electrons. The molecule has 0 N–H and O–H groups in total. The minimum atomic E-state index is -0.0303. The van der Waals surface area contributed by atoms with Gasteiger partial charge >= 0.3 is 0 Å². The Hall–Kier alpha value is -2.34. The number of carbonyl (C=O) groups excluding carboxylic acids is 1. The van der Waals surface area contributed by atoms with Crippen molar-refractivity contribution in [2.24, 2.45) is 4.99 Å². The van der Waals surface area contributed by atoms with Crippen LogP contribution in [-0.4, -0.2) is 23.0 Å². The average molecular weight is 425 g/mol. The summed E-state index contributed by atoms with van der Waals surface area (Å²) in [5.41, 5.74) is 3.14. The van der Waals surface area contributed by atoms with Gasteiger partial charge in [-0.05, 0) is 66.7 Å². The predicted molar refractivity (Wildman–Crippen MR) is 121 cm³/mol. The Labute approximate surface area is 177 Å². The number of rotatable bonds is 3. The smallest absolute Gasteiger partial charge is 0.266 e. The minimum absolute atomic E-state index is 0.0303. The van der Waals surface area contributed by atoms with Crippen LogP contribution in [0.25, 0.3) is 16.5 Å². The Morgan fingerprint density at radius 3 is 2.43 bits per heavy atom. The third kappa shape index (κ3) is 4.07. The van der Waals surface area contributed by atoms with Gasteiger partial charge in [0.1, 0.15) is 0 Å². The molecule has 0 unspecified atom stereocenters. The largest absolute Gasteiger partial charge is 0.290 e. The van der Waals surface area contributed by atoms with Crippen molar-refractivity contribution >= 4 is 57.5 Å². The van der Waals surface area contributed by atoms with Gasteiger partial charge < -0.3 is 0 Å². The lowest BCUT2D eigenvalue weighted by Crippen LogP contribution is -2.23. The van der Waals surface area contributed by atoms with E-state index in [9.17, 15) is 4.79 Å². The third-order valence-corrected chi connectivity index (χ3v) is 6.68. The quantitative estimate of drug-likeness (QED) is 0.443. The molecule has 0 spiro atoms. The van der Waals surface area contributed by atoms with Gasteiger partial charge in [0.15, 0.2) is 5.17 Å². The molecule has 1 aliphatic rings. The first-order valence-corrected chi connectivity index (χ1v) is 10.7. The monoisotopic (exact) mass is 424 g/mol. The first-order chi connectivity index (χ1) is 13.5. The number of hydrogen-bond acceptors (Lipinski definition) is 4. The summed E-state index contributed by atoms with van der Waals surface area (Å²) in [7, 11) is 1.76. The van der Waals surface area contributed by atoms with E-state index in [2.05, 4.69) is 11.1 Å². The number of carbonyl (C=O) groups is 1. The highest BCUT2D eigenvalue weighted by molar-refractivity contribution is 8.18. The number of benzene rings is 2. The standard InChI is InChI=1S/C22H17ClN2OS2/c1-14-3-9-17(10-4-14)24-22-25(2)21(26)20(28-22)13-18-11-12-19(27-18)15-5-7-16(23)8-6-15/h3-13H,1-2H3. The molecular weight excluding hydrogens is 408 g/mol. The fraction of sp³-hybridized carbons (Fsp3) is 0.0909. The maximum Gasteiger partial charge on any atom is 0.266 e. The summed E-state index contributed by atoms with van der Waals surface area (Å²) in [6, 6.07) is 19.8. The first-order valence-electron chi connectivity index (χ1n) is 8.68. The highest BCUT2D eigenvalue weighted by Crippen LogP contribution is 2.36. The van der Waals surface area contributed by atoms with Crippen LogP contribution in [0, 0.1) is 6.92 Å². The number of likely N-dealkylation sites (N-methyl/N-ethyl adjacent to an activating group) is 1. The number of thiophene rings is 1. The summed E-state index contributed by atoms with van der Waals surface area (Å²) >= 11 is 9.01. The Morgan fingerprint density at radius 2 is 1.71 bits per heavy atom. The highest BCUT2D eigenvalue weighted by atomic mass is 35.5. The van der Waals surface area contributed by atoms with Gasteiger partial charge in [0.2, 0.25) is 0 Å². The second kappa shape index (κ2) is 7.95. The van der Waals surface area contributed by atoms with Crippen molar-refractivity contribution in [1.82, 2.24) is 4.90 Å². The summed E-state index contributed by atoms with van der Waals surface area (Å²) < 4.78 is 0. The van der Waals surface area contributed by atoms with E-state index in [1.54, 1.807) is 23.3 Å². The Balaban J connectivity index is 1.57. The van der Waals surface area contributed by atoms with Crippen molar-refractivity contribution in [2.75, 3.05) is 7.05 Å². The molecule has 4 rings (SSSR count). The number of thioether (sulfide) groups is 1. The predicted octanol–water partition coefficient (Wildman–Crippen LogP) is 6.61. The second-order valence-corrected chi connectivity index (χ2v) is 8.97. The zero-order valence-corrected chi connectivity index (χ0v) is 17.7. The molecule has 1 amide bonds. The molecule has 28 heavy (non-hydrogen) atoms. The zero-order chi connectivity index (χ0) is 19.7. The summed E-state index contributed by atoms with van der Waals surface area (Å²) in [4.78, 5) is 21.7. The van der Waals surface area contributed by atoms with E-state index in [1.165, 1.54) is 17.3 Å². The molecule has 1 aliphatic heterocycles. The van der Waals surface area contributed by atoms with Crippen molar-refractivity contribution < 1.29 is 4.79 Å². The molecule has 2 aromatic carbocycles. The lowest BCUT2D eigenvalue weighted by atomic mass is 10.2.